The van der Waals surface area contributed by atoms with E-state index >= 15 is 0 Å². The van der Waals surface area contributed by atoms with Gasteiger partial charge in [0.1, 0.15) is 6.04 Å². The maximum absolute atomic E-state index is 11.8. The fourth-order valence-electron chi connectivity index (χ4n) is 1.43. The van der Waals surface area contributed by atoms with Gasteiger partial charge in [-0.15, -0.1) is 0 Å². The first-order valence-corrected chi connectivity index (χ1v) is 5.56. The van der Waals surface area contributed by atoms with Crippen molar-refractivity contribution in [1.29, 1.82) is 0 Å². The smallest absolute Gasteiger partial charge is 0.306 e. The third-order valence-corrected chi connectivity index (χ3v) is 2.54. The molecule has 0 aliphatic rings. The number of methoxy groups -OCH3 is 1. The number of ether oxygens (including phenoxy) is 1. The molecule has 0 spiro atoms. The lowest BCUT2D eigenvalue weighted by Crippen LogP contribution is -2.38. The fraction of sp³-hybridized carbons (Fsp3) is 0.545. The van der Waals surface area contributed by atoms with Crippen LogP contribution < -0.4 is 5.32 Å². The molecule has 18 heavy (non-hydrogen) atoms. The summed E-state index contributed by atoms with van der Waals surface area (Å²) >= 11 is 0. The fourth-order valence-corrected chi connectivity index (χ4v) is 1.43. The van der Waals surface area contributed by atoms with Crippen LogP contribution in [0, 0.1) is 0 Å². The molecule has 1 rings (SSSR count). The second kappa shape index (κ2) is 6.75. The van der Waals surface area contributed by atoms with Gasteiger partial charge in [0.2, 0.25) is 5.91 Å². The second-order valence-corrected chi connectivity index (χ2v) is 3.86. The zero-order valence-electron chi connectivity index (χ0n) is 10.4. The predicted octanol–water partition coefficient (Wildman–Crippen LogP) is 0.0500. The normalized spacial score (nSPS) is 13.9. The molecule has 1 aromatic rings. The van der Waals surface area contributed by atoms with Gasteiger partial charge in [-0.2, -0.15) is 5.10 Å². The summed E-state index contributed by atoms with van der Waals surface area (Å²) in [5, 5.41) is 15.2. The lowest BCUT2D eigenvalue weighted by molar-refractivity contribution is -0.140. The second-order valence-electron chi connectivity index (χ2n) is 3.86. The maximum atomic E-state index is 11.8. The zero-order chi connectivity index (χ0) is 13.5. The number of nitrogens with zero attached hydrogens (tertiary/aromatic N) is 2. The van der Waals surface area contributed by atoms with Crippen molar-refractivity contribution in [3.05, 3.63) is 18.5 Å². The molecule has 0 aliphatic heterocycles. The predicted molar refractivity (Wildman–Crippen MR) is 63.0 cm³/mol. The molecule has 1 aromatic heterocycles. The van der Waals surface area contributed by atoms with E-state index in [0.717, 1.165) is 0 Å². The van der Waals surface area contributed by atoms with Crippen LogP contribution in [0.1, 0.15) is 19.4 Å². The Morgan fingerprint density at radius 2 is 2.28 bits per heavy atom. The van der Waals surface area contributed by atoms with Gasteiger partial charge in [-0.05, 0) is 13.0 Å². The molecule has 7 heteroatoms. The number of aliphatic carboxylic acids is 1. The number of aromatic nitrogens is 2. The van der Waals surface area contributed by atoms with E-state index in [1.807, 2.05) is 0 Å². The van der Waals surface area contributed by atoms with E-state index in [-0.39, 0.29) is 18.9 Å². The van der Waals surface area contributed by atoms with Crippen molar-refractivity contribution in [2.45, 2.75) is 25.5 Å². The topological polar surface area (TPSA) is 93.5 Å². The maximum Gasteiger partial charge on any atom is 0.306 e. The van der Waals surface area contributed by atoms with E-state index in [9.17, 15) is 9.59 Å². The molecule has 0 aromatic carbocycles. The number of carboxylic acids is 1. The summed E-state index contributed by atoms with van der Waals surface area (Å²) in [6.45, 7) is 1.87. The molecule has 2 atom stereocenters. The number of carbonyl (C=O) groups excluding carboxylic acids is 1. The Kier molecular flexibility index (Phi) is 5.31. The molecule has 0 saturated carbocycles. The molecule has 0 fully saturated rings. The summed E-state index contributed by atoms with van der Waals surface area (Å²) < 4.78 is 6.49. The Morgan fingerprint density at radius 3 is 2.78 bits per heavy atom. The van der Waals surface area contributed by atoms with E-state index in [2.05, 4.69) is 10.4 Å². The highest BCUT2D eigenvalue weighted by Gasteiger charge is 2.18. The number of amides is 1. The highest BCUT2D eigenvalue weighted by Crippen LogP contribution is 2.03. The minimum absolute atomic E-state index is 0.146. The van der Waals surface area contributed by atoms with E-state index in [0.29, 0.717) is 0 Å². The molecular weight excluding hydrogens is 238 g/mol. The molecule has 0 bridgehead atoms. The number of hydrogen-bond donors (Lipinski definition) is 2. The monoisotopic (exact) mass is 255 g/mol. The highest BCUT2D eigenvalue weighted by atomic mass is 16.5. The first-order chi connectivity index (χ1) is 8.54. The standard InChI is InChI=1S/C11H17N3O4/c1-8(14-5-3-4-13-14)11(17)12-7-9(18-2)6-10(15)16/h3-5,8-9H,6-7H2,1-2H3,(H,12,17)(H,15,16). The summed E-state index contributed by atoms with van der Waals surface area (Å²) in [6, 6.07) is 1.29. The SMILES string of the molecule is COC(CNC(=O)C(C)n1cccn1)CC(=O)O. The van der Waals surface area contributed by atoms with Gasteiger partial charge in [0.25, 0.3) is 0 Å². The van der Waals surface area contributed by atoms with E-state index < -0.39 is 18.1 Å². The number of carboxylic acid groups (broad SMARTS) is 1. The average molecular weight is 255 g/mol. The minimum atomic E-state index is -0.962. The first kappa shape index (κ1) is 14.2. The van der Waals surface area contributed by atoms with Gasteiger partial charge >= 0.3 is 5.97 Å². The Labute approximate surface area is 105 Å². The Bertz CT molecular complexity index is 391. The van der Waals surface area contributed by atoms with Gasteiger partial charge in [-0.1, -0.05) is 0 Å². The summed E-state index contributed by atoms with van der Waals surface area (Å²) in [4.78, 5) is 22.3. The van der Waals surface area contributed by atoms with E-state index in [1.165, 1.54) is 11.8 Å². The number of rotatable bonds is 7. The van der Waals surface area contributed by atoms with Crippen LogP contribution in [0.25, 0.3) is 0 Å². The molecule has 1 amide bonds. The molecule has 7 nitrogen and oxygen atoms in total. The largest absolute Gasteiger partial charge is 0.481 e. The molecule has 100 valence electrons. The Morgan fingerprint density at radius 1 is 1.56 bits per heavy atom. The van der Waals surface area contributed by atoms with Crippen molar-refractivity contribution < 1.29 is 19.4 Å². The van der Waals surface area contributed by atoms with Crippen LogP contribution in [0.4, 0.5) is 0 Å². The van der Waals surface area contributed by atoms with Crippen molar-refractivity contribution in [3.8, 4) is 0 Å². The van der Waals surface area contributed by atoms with Gasteiger partial charge in [-0.3, -0.25) is 14.3 Å². The first-order valence-electron chi connectivity index (χ1n) is 5.56. The van der Waals surface area contributed by atoms with Crippen LogP contribution in [0.2, 0.25) is 0 Å². The number of carbonyl (C=O) groups is 2. The van der Waals surface area contributed by atoms with Gasteiger partial charge in [0.15, 0.2) is 0 Å². The molecule has 0 saturated heterocycles. The van der Waals surface area contributed by atoms with Crippen LogP contribution in [-0.4, -0.2) is 46.5 Å². The minimum Gasteiger partial charge on any atom is -0.481 e. The molecule has 1 heterocycles. The van der Waals surface area contributed by atoms with Gasteiger partial charge in [0.05, 0.1) is 12.5 Å². The quantitative estimate of drug-likeness (QED) is 0.718. The lowest BCUT2D eigenvalue weighted by atomic mass is 10.2. The molecule has 0 aliphatic carbocycles. The number of hydrogen-bond acceptors (Lipinski definition) is 4. The van der Waals surface area contributed by atoms with Crippen LogP contribution in [0.5, 0.6) is 0 Å². The van der Waals surface area contributed by atoms with Gasteiger partial charge in [-0.25, -0.2) is 0 Å². The zero-order valence-corrected chi connectivity index (χ0v) is 10.4. The summed E-state index contributed by atoms with van der Waals surface area (Å²) in [6.07, 6.45) is 2.60. The van der Waals surface area contributed by atoms with E-state index in [4.69, 9.17) is 9.84 Å². The third-order valence-electron chi connectivity index (χ3n) is 2.54. The molecule has 0 radical (unpaired) electrons. The van der Waals surface area contributed by atoms with Crippen molar-refractivity contribution in [2.24, 2.45) is 0 Å². The molecule has 2 N–H and O–H groups in total. The Balaban J connectivity index is 2.42. The summed E-state index contributed by atoms with van der Waals surface area (Å²) in [7, 11) is 1.41. The van der Waals surface area contributed by atoms with Gasteiger partial charge in [0, 0.05) is 26.0 Å². The van der Waals surface area contributed by atoms with Crippen LogP contribution in [0.3, 0.4) is 0 Å². The van der Waals surface area contributed by atoms with Crippen LogP contribution in [0.15, 0.2) is 18.5 Å². The summed E-state index contributed by atoms with van der Waals surface area (Å²) in [5.41, 5.74) is 0. The Hall–Kier alpha value is -1.89. The average Bonchev–Trinajstić information content (AvgIpc) is 2.86. The van der Waals surface area contributed by atoms with E-state index in [1.54, 1.807) is 25.4 Å². The summed E-state index contributed by atoms with van der Waals surface area (Å²) in [5.74, 6) is -1.19. The lowest BCUT2D eigenvalue weighted by Gasteiger charge is -2.16. The molecule has 2 unspecified atom stereocenters. The highest BCUT2D eigenvalue weighted by molar-refractivity contribution is 5.79. The van der Waals surface area contributed by atoms with Crippen molar-refractivity contribution in [1.82, 2.24) is 15.1 Å². The molecular formula is C11H17N3O4. The van der Waals surface area contributed by atoms with Crippen molar-refractivity contribution in [2.75, 3.05) is 13.7 Å². The van der Waals surface area contributed by atoms with Crippen molar-refractivity contribution in [3.63, 3.8) is 0 Å². The number of nitrogens with one attached hydrogen (secondary N) is 1. The third kappa shape index (κ3) is 4.17. The van der Waals surface area contributed by atoms with Gasteiger partial charge < -0.3 is 15.2 Å². The van der Waals surface area contributed by atoms with Crippen LogP contribution >= 0.6 is 0 Å². The van der Waals surface area contributed by atoms with Crippen molar-refractivity contribution >= 4 is 11.9 Å². The van der Waals surface area contributed by atoms with Crippen LogP contribution in [-0.2, 0) is 14.3 Å².